The van der Waals surface area contributed by atoms with Gasteiger partial charge in [-0.3, -0.25) is 18.6 Å². The molecule has 2 N–H and O–H groups in total. The lowest BCUT2D eigenvalue weighted by atomic mass is 10.0. The Labute approximate surface area is 255 Å². The van der Waals surface area contributed by atoms with Crippen LogP contribution in [0.3, 0.4) is 0 Å². The van der Waals surface area contributed by atoms with Gasteiger partial charge in [0.05, 0.1) is 18.8 Å². The maximum absolute atomic E-state index is 12.4. The van der Waals surface area contributed by atoms with Gasteiger partial charge in [-0.15, -0.1) is 0 Å². The summed E-state index contributed by atoms with van der Waals surface area (Å²) in [5.41, 5.74) is -0.243. The molecule has 0 aliphatic rings. The molecule has 10 nitrogen and oxygen atoms in total. The number of carbonyl (C=O) groups is 2. The number of nitrogens with one attached hydrogen (secondary N) is 1. The number of rotatable bonds is 29. The van der Waals surface area contributed by atoms with E-state index in [4.69, 9.17) is 23.3 Å². The van der Waals surface area contributed by atoms with Crippen molar-refractivity contribution in [2.75, 3.05) is 40.0 Å². The number of ether oxygens (including phenoxy) is 3. The second-order valence-electron chi connectivity index (χ2n) is 11.9. The summed E-state index contributed by atoms with van der Waals surface area (Å²) < 4.78 is 38.4. The van der Waals surface area contributed by atoms with Gasteiger partial charge in [0.25, 0.3) is 0 Å². The fourth-order valence-electron chi connectivity index (χ4n) is 4.13. The summed E-state index contributed by atoms with van der Waals surface area (Å²) >= 11 is 0. The summed E-state index contributed by atoms with van der Waals surface area (Å²) in [4.78, 5) is 34.5. The molecular formula is C31H62NO9P. The van der Waals surface area contributed by atoms with Gasteiger partial charge in [-0.2, -0.15) is 0 Å². The molecule has 2 atom stereocenters. The van der Waals surface area contributed by atoms with Gasteiger partial charge in [-0.05, 0) is 47.1 Å². The van der Waals surface area contributed by atoms with Crippen LogP contribution in [0.5, 0.6) is 0 Å². The molecule has 0 radical (unpaired) electrons. The highest BCUT2D eigenvalue weighted by atomic mass is 31.2. The molecule has 0 aliphatic heterocycles. The number of phosphoric ester groups is 1. The SMILES string of the molecule is CCCCCCCCCCCCCCCC(=O)OCC(COP(=O)(O)OCCNC)OC(=O)CCCCOC(C)(C)C. The maximum Gasteiger partial charge on any atom is 0.472 e. The normalized spacial score (nSPS) is 14.0. The smallest absolute Gasteiger partial charge is 0.462 e. The molecule has 0 saturated carbocycles. The summed E-state index contributed by atoms with van der Waals surface area (Å²) in [7, 11) is -2.66. The summed E-state index contributed by atoms with van der Waals surface area (Å²) in [5, 5.41) is 2.80. The number of hydrogen-bond acceptors (Lipinski definition) is 9. The monoisotopic (exact) mass is 623 g/mol. The number of likely N-dealkylation sites (N-methyl/N-ethyl adjacent to an activating group) is 1. The second kappa shape index (κ2) is 26.4. The molecule has 0 fully saturated rings. The Bertz CT molecular complexity index is 715. The molecule has 0 aromatic carbocycles. The van der Waals surface area contributed by atoms with Crippen molar-refractivity contribution in [2.24, 2.45) is 0 Å². The average molecular weight is 624 g/mol. The highest BCUT2D eigenvalue weighted by molar-refractivity contribution is 7.47. The largest absolute Gasteiger partial charge is 0.472 e. The van der Waals surface area contributed by atoms with E-state index in [9.17, 15) is 19.0 Å². The van der Waals surface area contributed by atoms with E-state index < -0.39 is 32.5 Å². The fourth-order valence-corrected chi connectivity index (χ4v) is 4.88. The molecule has 42 heavy (non-hydrogen) atoms. The van der Waals surface area contributed by atoms with Crippen LogP contribution in [-0.4, -0.2) is 68.6 Å². The van der Waals surface area contributed by atoms with Gasteiger partial charge < -0.3 is 24.4 Å². The molecule has 2 unspecified atom stereocenters. The van der Waals surface area contributed by atoms with E-state index in [0.717, 1.165) is 19.3 Å². The third kappa shape index (κ3) is 29.1. The number of carbonyl (C=O) groups excluding carboxylic acids is 2. The van der Waals surface area contributed by atoms with Crippen molar-refractivity contribution in [2.45, 2.75) is 149 Å². The topological polar surface area (TPSA) is 130 Å². The molecular weight excluding hydrogens is 561 g/mol. The minimum absolute atomic E-state index is 0.0283. The standard InChI is InChI=1S/C31H62NO9P/c1-6-7-8-9-10-11-12-13-14-15-16-17-18-21-29(33)37-26-28(27-40-42(35,36)39-25-23-32-5)41-30(34)22-19-20-24-38-31(2,3)4/h28,32H,6-27H2,1-5H3,(H,35,36). The van der Waals surface area contributed by atoms with E-state index in [1.807, 2.05) is 20.8 Å². The average Bonchev–Trinajstić information content (AvgIpc) is 2.92. The fraction of sp³-hybridized carbons (Fsp3) is 0.935. The van der Waals surface area contributed by atoms with Crippen molar-refractivity contribution in [3.63, 3.8) is 0 Å². The third-order valence-corrected chi connectivity index (χ3v) is 7.54. The third-order valence-electron chi connectivity index (χ3n) is 6.55. The summed E-state index contributed by atoms with van der Waals surface area (Å²) in [6, 6.07) is 0. The quantitative estimate of drug-likeness (QED) is 0.0499. The van der Waals surface area contributed by atoms with Crippen LogP contribution in [0.15, 0.2) is 0 Å². The highest BCUT2D eigenvalue weighted by Gasteiger charge is 2.26. The maximum atomic E-state index is 12.4. The lowest BCUT2D eigenvalue weighted by Gasteiger charge is -2.20. The van der Waals surface area contributed by atoms with Crippen LogP contribution in [0.25, 0.3) is 0 Å². The summed E-state index contributed by atoms with van der Waals surface area (Å²) in [6.07, 6.45) is 16.5. The van der Waals surface area contributed by atoms with Gasteiger partial charge in [0.15, 0.2) is 6.10 Å². The van der Waals surface area contributed by atoms with Crippen LogP contribution in [0.1, 0.15) is 137 Å². The van der Waals surface area contributed by atoms with Crippen molar-refractivity contribution in [1.82, 2.24) is 5.32 Å². The molecule has 0 amide bonds. The van der Waals surface area contributed by atoms with Gasteiger partial charge in [0.2, 0.25) is 0 Å². The Balaban J connectivity index is 4.31. The lowest BCUT2D eigenvalue weighted by Crippen LogP contribution is -2.29. The van der Waals surface area contributed by atoms with Gasteiger partial charge in [0.1, 0.15) is 6.61 Å². The Morgan fingerprint density at radius 2 is 1.26 bits per heavy atom. The predicted molar refractivity (Wildman–Crippen MR) is 166 cm³/mol. The van der Waals surface area contributed by atoms with Crippen LogP contribution >= 0.6 is 7.82 Å². The second-order valence-corrected chi connectivity index (χ2v) is 13.4. The molecule has 0 aliphatic carbocycles. The number of unbranched alkanes of at least 4 members (excludes halogenated alkanes) is 13. The van der Waals surface area contributed by atoms with Crippen LogP contribution in [0.4, 0.5) is 0 Å². The Hall–Kier alpha value is -1.03. The van der Waals surface area contributed by atoms with Crippen molar-refractivity contribution in [3.05, 3.63) is 0 Å². The molecule has 0 rings (SSSR count). The number of hydrogen-bond donors (Lipinski definition) is 2. The lowest BCUT2D eigenvalue weighted by molar-refractivity contribution is -0.161. The van der Waals surface area contributed by atoms with E-state index in [2.05, 4.69) is 12.2 Å². The Morgan fingerprint density at radius 1 is 0.738 bits per heavy atom. The molecule has 0 bridgehead atoms. The van der Waals surface area contributed by atoms with E-state index in [1.54, 1.807) is 7.05 Å². The van der Waals surface area contributed by atoms with E-state index >= 15 is 0 Å². The van der Waals surface area contributed by atoms with Crippen LogP contribution in [-0.2, 0) is 37.4 Å². The minimum atomic E-state index is -4.35. The first-order chi connectivity index (χ1) is 20.0. The summed E-state index contributed by atoms with van der Waals surface area (Å²) in [6.45, 7) is 8.31. The van der Waals surface area contributed by atoms with Gasteiger partial charge in [0, 0.05) is 26.0 Å². The highest BCUT2D eigenvalue weighted by Crippen LogP contribution is 2.43. The zero-order chi connectivity index (χ0) is 31.5. The number of esters is 2. The molecule has 11 heteroatoms. The van der Waals surface area contributed by atoms with Gasteiger partial charge in [-0.1, -0.05) is 84.0 Å². The first kappa shape index (κ1) is 41.0. The Morgan fingerprint density at radius 3 is 1.81 bits per heavy atom. The Kier molecular flexibility index (Phi) is 25.7. The number of phosphoric acid groups is 1. The molecule has 250 valence electrons. The van der Waals surface area contributed by atoms with Crippen molar-refractivity contribution in [3.8, 4) is 0 Å². The van der Waals surface area contributed by atoms with E-state index in [-0.39, 0.29) is 31.7 Å². The first-order valence-electron chi connectivity index (χ1n) is 16.2. The predicted octanol–water partition coefficient (Wildman–Crippen LogP) is 7.26. The van der Waals surface area contributed by atoms with Crippen LogP contribution in [0.2, 0.25) is 0 Å². The molecule has 0 saturated heterocycles. The first-order valence-corrected chi connectivity index (χ1v) is 17.7. The zero-order valence-corrected chi connectivity index (χ0v) is 28.2. The van der Waals surface area contributed by atoms with Gasteiger partial charge >= 0.3 is 19.8 Å². The van der Waals surface area contributed by atoms with Crippen molar-refractivity contribution in [1.29, 1.82) is 0 Å². The van der Waals surface area contributed by atoms with Crippen molar-refractivity contribution >= 4 is 19.8 Å². The summed E-state index contributed by atoms with van der Waals surface area (Å²) in [5.74, 6) is -0.897. The molecule has 0 aromatic heterocycles. The van der Waals surface area contributed by atoms with Gasteiger partial charge in [-0.25, -0.2) is 4.57 Å². The van der Waals surface area contributed by atoms with Crippen molar-refractivity contribution < 1.29 is 42.3 Å². The van der Waals surface area contributed by atoms with Crippen LogP contribution in [0, 0.1) is 0 Å². The van der Waals surface area contributed by atoms with E-state index in [1.165, 1.54) is 64.2 Å². The van der Waals surface area contributed by atoms with E-state index in [0.29, 0.717) is 26.0 Å². The minimum Gasteiger partial charge on any atom is -0.462 e. The molecule has 0 spiro atoms. The zero-order valence-electron chi connectivity index (χ0n) is 27.3. The molecule has 0 heterocycles. The van der Waals surface area contributed by atoms with Crippen LogP contribution < -0.4 is 5.32 Å². The molecule has 0 aromatic rings.